The highest BCUT2D eigenvalue weighted by Gasteiger charge is 2.04. The maximum atomic E-state index is 11.5. The monoisotopic (exact) mass is 531 g/mol. The highest BCUT2D eigenvalue weighted by atomic mass is 127. The van der Waals surface area contributed by atoms with Crippen molar-refractivity contribution in [1.82, 2.24) is 20.9 Å². The molecule has 0 spiro atoms. The van der Waals surface area contributed by atoms with Crippen LogP contribution < -0.4 is 20.7 Å². The van der Waals surface area contributed by atoms with Gasteiger partial charge in [-0.1, -0.05) is 19.1 Å². The highest BCUT2D eigenvalue weighted by molar-refractivity contribution is 14.0. The molecule has 9 heteroatoms. The Morgan fingerprint density at radius 2 is 2.07 bits per heavy atom. The Balaban J connectivity index is 0.00000420. The number of aromatic nitrogens is 1. The van der Waals surface area contributed by atoms with Gasteiger partial charge < -0.3 is 20.7 Å². The summed E-state index contributed by atoms with van der Waals surface area (Å²) in [5.74, 6) is 1.28. The first-order valence-electron chi connectivity index (χ1n) is 9.51. The summed E-state index contributed by atoms with van der Waals surface area (Å²) in [5, 5.41) is 10.4. The zero-order chi connectivity index (χ0) is 20.2. The molecule has 1 heterocycles. The first kappa shape index (κ1) is 25.2. The van der Waals surface area contributed by atoms with E-state index in [1.165, 1.54) is 4.88 Å². The van der Waals surface area contributed by atoms with Crippen LogP contribution in [0.5, 0.6) is 5.75 Å². The lowest BCUT2D eigenvalue weighted by Gasteiger charge is -2.12. The van der Waals surface area contributed by atoms with Crippen LogP contribution in [-0.4, -0.2) is 43.6 Å². The van der Waals surface area contributed by atoms with Crippen LogP contribution in [0.3, 0.4) is 0 Å². The second-order valence-corrected chi connectivity index (χ2v) is 7.27. The van der Waals surface area contributed by atoms with E-state index in [2.05, 4.69) is 32.9 Å². The van der Waals surface area contributed by atoms with E-state index in [0.29, 0.717) is 18.8 Å². The molecule has 3 N–H and O–H groups in total. The molecule has 0 saturated carbocycles. The van der Waals surface area contributed by atoms with E-state index in [1.807, 2.05) is 37.4 Å². The minimum Gasteiger partial charge on any atom is -0.484 e. The van der Waals surface area contributed by atoms with Crippen molar-refractivity contribution in [3.63, 3.8) is 0 Å². The van der Waals surface area contributed by atoms with E-state index in [0.717, 1.165) is 35.9 Å². The Labute approximate surface area is 193 Å². The number of carbonyl (C=O) groups is 1. The Kier molecular flexibility index (Phi) is 12.3. The van der Waals surface area contributed by atoms with E-state index in [1.54, 1.807) is 18.4 Å². The molecule has 1 amide bonds. The van der Waals surface area contributed by atoms with E-state index < -0.39 is 0 Å². The van der Waals surface area contributed by atoms with Crippen molar-refractivity contribution < 1.29 is 9.53 Å². The number of ether oxygens (including phenoxy) is 1. The maximum Gasteiger partial charge on any atom is 0.257 e. The van der Waals surface area contributed by atoms with Gasteiger partial charge in [-0.25, -0.2) is 4.98 Å². The van der Waals surface area contributed by atoms with Gasteiger partial charge >= 0.3 is 0 Å². The van der Waals surface area contributed by atoms with Crippen molar-refractivity contribution in [3.05, 3.63) is 45.9 Å². The topological polar surface area (TPSA) is 87.6 Å². The van der Waals surface area contributed by atoms with E-state index in [9.17, 15) is 4.79 Å². The third-order valence-corrected chi connectivity index (χ3v) is 5.11. The van der Waals surface area contributed by atoms with Crippen molar-refractivity contribution in [1.29, 1.82) is 0 Å². The number of hydrogen-bond acceptors (Lipinski definition) is 5. The van der Waals surface area contributed by atoms with Crippen molar-refractivity contribution in [3.8, 4) is 5.75 Å². The van der Waals surface area contributed by atoms with Gasteiger partial charge in [0.05, 0.1) is 5.01 Å². The normalized spacial score (nSPS) is 10.8. The molecule has 7 nitrogen and oxygen atoms in total. The second-order valence-electron chi connectivity index (χ2n) is 6.07. The summed E-state index contributed by atoms with van der Waals surface area (Å²) in [5.41, 5.74) is 1.05. The summed E-state index contributed by atoms with van der Waals surface area (Å²) >= 11 is 1.76. The van der Waals surface area contributed by atoms with Gasteiger partial charge in [-0.05, 0) is 31.0 Å². The van der Waals surface area contributed by atoms with Gasteiger partial charge in [0, 0.05) is 44.2 Å². The fourth-order valence-electron chi connectivity index (χ4n) is 2.46. The number of hydrogen-bond donors (Lipinski definition) is 3. The molecule has 0 aliphatic carbocycles. The molecule has 2 aromatic rings. The molecule has 0 bridgehead atoms. The third-order valence-electron chi connectivity index (χ3n) is 3.91. The number of nitrogens with one attached hydrogen (secondary N) is 3. The van der Waals surface area contributed by atoms with Crippen LogP contribution in [0.15, 0.2) is 35.5 Å². The zero-order valence-corrected chi connectivity index (χ0v) is 20.3. The molecule has 1 aromatic carbocycles. The lowest BCUT2D eigenvalue weighted by molar-refractivity contribution is -0.122. The van der Waals surface area contributed by atoms with Gasteiger partial charge in [0.1, 0.15) is 5.75 Å². The molecule has 0 radical (unpaired) electrons. The van der Waals surface area contributed by atoms with Crippen LogP contribution in [0.4, 0.5) is 0 Å². The first-order valence-corrected chi connectivity index (χ1v) is 10.3. The quantitative estimate of drug-likeness (QED) is 0.250. The Hall–Kier alpha value is -1.88. The minimum absolute atomic E-state index is 0. The van der Waals surface area contributed by atoms with Gasteiger partial charge in [0.25, 0.3) is 5.91 Å². The van der Waals surface area contributed by atoms with Crippen LogP contribution in [0.2, 0.25) is 0 Å². The summed E-state index contributed by atoms with van der Waals surface area (Å²) in [4.78, 5) is 21.5. The van der Waals surface area contributed by atoms with Gasteiger partial charge in [-0.2, -0.15) is 0 Å². The molecule has 0 atom stereocenters. The number of amides is 1. The summed E-state index contributed by atoms with van der Waals surface area (Å²) < 4.78 is 5.53. The van der Waals surface area contributed by atoms with Crippen molar-refractivity contribution in [2.75, 3.05) is 26.7 Å². The summed E-state index contributed by atoms with van der Waals surface area (Å²) in [6, 6.07) is 7.67. The number of guanidine groups is 1. The SMILES string of the molecule is CCNC(=O)COc1cccc(CNC(=NC)NCCc2ncc(CC)s2)c1.I. The second kappa shape index (κ2) is 14.2. The van der Waals surface area contributed by atoms with Crippen LogP contribution >= 0.6 is 35.3 Å². The van der Waals surface area contributed by atoms with Gasteiger partial charge in [-0.15, -0.1) is 35.3 Å². The number of likely N-dealkylation sites (N-methyl/N-ethyl adjacent to an activating group) is 1. The number of aliphatic imine (C=N–C) groups is 1. The van der Waals surface area contributed by atoms with E-state index in [-0.39, 0.29) is 36.5 Å². The fourth-order valence-corrected chi connectivity index (χ4v) is 3.33. The standard InChI is InChI=1S/C20H29N5O2S.HI/c1-4-17-13-24-19(28-17)9-10-23-20(21-3)25-12-15-7-6-8-16(11-15)27-14-18(26)22-5-2;/h6-8,11,13H,4-5,9-10,12,14H2,1-3H3,(H,22,26)(H2,21,23,25);1H. The van der Waals surface area contributed by atoms with Crippen LogP contribution in [-0.2, 0) is 24.2 Å². The molecule has 0 unspecified atom stereocenters. The lowest BCUT2D eigenvalue weighted by Crippen LogP contribution is -2.37. The van der Waals surface area contributed by atoms with Gasteiger partial charge in [0.15, 0.2) is 12.6 Å². The highest BCUT2D eigenvalue weighted by Crippen LogP contribution is 2.14. The Bertz CT molecular complexity index is 782. The summed E-state index contributed by atoms with van der Waals surface area (Å²) in [6.07, 6.45) is 3.85. The van der Waals surface area contributed by atoms with Crippen LogP contribution in [0, 0.1) is 0 Å². The molecular formula is C20H30IN5O2S. The number of thiazole rings is 1. The molecule has 29 heavy (non-hydrogen) atoms. The number of benzene rings is 1. The van der Waals surface area contributed by atoms with E-state index >= 15 is 0 Å². The van der Waals surface area contributed by atoms with Crippen LogP contribution in [0.1, 0.15) is 29.3 Å². The molecule has 1 aromatic heterocycles. The fraction of sp³-hybridized carbons (Fsp3) is 0.450. The molecule has 160 valence electrons. The number of carbonyl (C=O) groups excluding carboxylic acids is 1. The smallest absolute Gasteiger partial charge is 0.257 e. The lowest BCUT2D eigenvalue weighted by atomic mass is 10.2. The summed E-state index contributed by atoms with van der Waals surface area (Å²) in [7, 11) is 1.75. The van der Waals surface area contributed by atoms with Gasteiger partial charge in [-0.3, -0.25) is 9.79 Å². The predicted molar refractivity (Wildman–Crippen MR) is 129 cm³/mol. The van der Waals surface area contributed by atoms with Crippen molar-refractivity contribution in [2.45, 2.75) is 33.2 Å². The van der Waals surface area contributed by atoms with Crippen LogP contribution in [0.25, 0.3) is 0 Å². The largest absolute Gasteiger partial charge is 0.484 e. The summed E-state index contributed by atoms with van der Waals surface area (Å²) in [6.45, 7) is 6.01. The Morgan fingerprint density at radius 1 is 1.24 bits per heavy atom. The third kappa shape index (κ3) is 9.44. The molecule has 0 saturated heterocycles. The minimum atomic E-state index is -0.123. The van der Waals surface area contributed by atoms with Crippen molar-refractivity contribution in [2.24, 2.45) is 4.99 Å². The molecule has 0 fully saturated rings. The number of rotatable bonds is 10. The predicted octanol–water partition coefficient (Wildman–Crippen LogP) is 2.75. The molecule has 2 rings (SSSR count). The van der Waals surface area contributed by atoms with Gasteiger partial charge in [0.2, 0.25) is 0 Å². The zero-order valence-electron chi connectivity index (χ0n) is 17.2. The van der Waals surface area contributed by atoms with E-state index in [4.69, 9.17) is 4.74 Å². The Morgan fingerprint density at radius 3 is 2.76 bits per heavy atom. The first-order chi connectivity index (χ1) is 13.6. The number of halogens is 1. The molecule has 0 aliphatic heterocycles. The number of nitrogens with zero attached hydrogens (tertiary/aromatic N) is 2. The average molecular weight is 531 g/mol. The number of aryl methyl sites for hydroxylation is 1. The maximum absolute atomic E-state index is 11.5. The van der Waals surface area contributed by atoms with Crippen molar-refractivity contribution >= 4 is 47.2 Å². The molecule has 0 aliphatic rings. The molecular weight excluding hydrogens is 501 g/mol. The average Bonchev–Trinajstić information content (AvgIpc) is 3.17.